The van der Waals surface area contributed by atoms with Crippen LogP contribution in [0.2, 0.25) is 0 Å². The number of nitrogens with zero attached hydrogens (tertiary/aromatic N) is 2. The number of halogens is 2. The summed E-state index contributed by atoms with van der Waals surface area (Å²) in [5.41, 5.74) is 0.355. The molecule has 1 aliphatic carbocycles. The van der Waals surface area contributed by atoms with Crippen molar-refractivity contribution >= 4 is 23.0 Å². The fraction of sp³-hybridized carbons (Fsp3) is 0.500. The second-order valence-corrected chi connectivity index (χ2v) is 8.34. The van der Waals surface area contributed by atoms with Gasteiger partial charge in [0.05, 0.1) is 5.38 Å². The highest BCUT2D eigenvalue weighted by Gasteiger charge is 2.26. The van der Waals surface area contributed by atoms with E-state index in [1.165, 1.54) is 23.5 Å². The van der Waals surface area contributed by atoms with Gasteiger partial charge in [-0.1, -0.05) is 0 Å². The van der Waals surface area contributed by atoms with Crippen LogP contribution in [0.1, 0.15) is 38.5 Å². The number of carbonyl (C=O) groups is 1. The average Bonchev–Trinajstić information content (AvgIpc) is 3.07. The lowest BCUT2D eigenvalue weighted by atomic mass is 9.93. The molecule has 2 heterocycles. The van der Waals surface area contributed by atoms with Gasteiger partial charge in [-0.25, -0.2) is 13.8 Å². The molecule has 28 heavy (non-hydrogen) atoms. The zero-order valence-electron chi connectivity index (χ0n) is 15.4. The van der Waals surface area contributed by atoms with Gasteiger partial charge in [-0.3, -0.25) is 4.79 Å². The smallest absolute Gasteiger partial charge is 0.303 e. The van der Waals surface area contributed by atoms with Crippen LogP contribution in [-0.4, -0.2) is 35.3 Å². The molecule has 150 valence electrons. The number of ether oxygens (including phenoxy) is 1. The molecule has 1 aromatic heterocycles. The molecule has 2 aliphatic rings. The summed E-state index contributed by atoms with van der Waals surface area (Å²) in [5.74, 6) is -1.50. The number of rotatable bonds is 6. The maximum Gasteiger partial charge on any atom is 0.303 e. The van der Waals surface area contributed by atoms with Crippen molar-refractivity contribution < 1.29 is 23.4 Å². The van der Waals surface area contributed by atoms with Crippen molar-refractivity contribution in [3.63, 3.8) is 0 Å². The number of benzene rings is 1. The fourth-order valence-corrected chi connectivity index (χ4v) is 4.42. The van der Waals surface area contributed by atoms with Crippen LogP contribution in [0.3, 0.4) is 0 Å². The SMILES string of the molecule is O=C(O)CC1CCN(c2c(F)cc(-c3nc(OC4CCC4)cs3)cc2F)CC1. The van der Waals surface area contributed by atoms with Crippen molar-refractivity contribution in [3.05, 3.63) is 29.1 Å². The third-order valence-electron chi connectivity index (χ3n) is 5.48. The van der Waals surface area contributed by atoms with Gasteiger partial charge in [0.15, 0.2) is 0 Å². The lowest BCUT2D eigenvalue weighted by Crippen LogP contribution is -2.35. The first-order chi connectivity index (χ1) is 13.5. The Kier molecular flexibility index (Phi) is 5.48. The van der Waals surface area contributed by atoms with Crippen LogP contribution >= 0.6 is 11.3 Å². The Labute approximate surface area is 166 Å². The van der Waals surface area contributed by atoms with Crippen LogP contribution in [0.15, 0.2) is 17.5 Å². The Morgan fingerprint density at radius 1 is 1.21 bits per heavy atom. The summed E-state index contributed by atoms with van der Waals surface area (Å²) < 4.78 is 35.2. The molecule has 4 rings (SSSR count). The van der Waals surface area contributed by atoms with E-state index in [1.807, 2.05) is 0 Å². The van der Waals surface area contributed by atoms with E-state index in [0.717, 1.165) is 19.3 Å². The number of aliphatic carboxylic acids is 1. The van der Waals surface area contributed by atoms with E-state index in [1.54, 1.807) is 10.3 Å². The summed E-state index contributed by atoms with van der Waals surface area (Å²) in [6.07, 6.45) is 4.74. The van der Waals surface area contributed by atoms with Crippen LogP contribution in [0, 0.1) is 17.6 Å². The highest BCUT2D eigenvalue weighted by atomic mass is 32.1. The standard InChI is InChI=1S/C20H22F2N2O3S/c21-15-9-13(20-23-17(11-28-20)27-14-2-1-3-14)10-16(22)19(15)24-6-4-12(5-7-24)8-18(25)26/h9-12,14H,1-8H2,(H,25,26). The quantitative estimate of drug-likeness (QED) is 0.750. The molecule has 0 amide bonds. The Morgan fingerprint density at radius 3 is 2.46 bits per heavy atom. The van der Waals surface area contributed by atoms with Crippen LogP contribution in [-0.2, 0) is 4.79 Å². The van der Waals surface area contributed by atoms with E-state index in [2.05, 4.69) is 4.98 Å². The molecule has 5 nitrogen and oxygen atoms in total. The third-order valence-corrected chi connectivity index (χ3v) is 6.35. The molecule has 1 aliphatic heterocycles. The molecule has 0 bridgehead atoms. The van der Waals surface area contributed by atoms with E-state index in [0.29, 0.717) is 42.4 Å². The second kappa shape index (κ2) is 8.03. The Bertz CT molecular complexity index is 838. The van der Waals surface area contributed by atoms with Gasteiger partial charge in [0.2, 0.25) is 5.88 Å². The fourth-order valence-electron chi connectivity index (χ4n) is 3.70. The monoisotopic (exact) mass is 408 g/mol. The summed E-state index contributed by atoms with van der Waals surface area (Å²) in [6.45, 7) is 0.892. The molecule has 2 fully saturated rings. The van der Waals surface area contributed by atoms with E-state index in [-0.39, 0.29) is 24.1 Å². The van der Waals surface area contributed by atoms with Gasteiger partial charge in [-0.15, -0.1) is 11.3 Å². The van der Waals surface area contributed by atoms with Gasteiger partial charge < -0.3 is 14.7 Å². The number of carboxylic acid groups (broad SMARTS) is 1. The van der Waals surface area contributed by atoms with Crippen molar-refractivity contribution in [1.82, 2.24) is 4.98 Å². The number of hydrogen-bond donors (Lipinski definition) is 1. The summed E-state index contributed by atoms with van der Waals surface area (Å²) in [4.78, 5) is 16.9. The number of aromatic nitrogens is 1. The first-order valence-corrected chi connectivity index (χ1v) is 10.5. The van der Waals surface area contributed by atoms with Crippen molar-refractivity contribution in [1.29, 1.82) is 0 Å². The number of piperidine rings is 1. The van der Waals surface area contributed by atoms with Crippen molar-refractivity contribution in [2.24, 2.45) is 5.92 Å². The summed E-state index contributed by atoms with van der Waals surface area (Å²) in [6, 6.07) is 2.63. The topological polar surface area (TPSA) is 62.7 Å². The van der Waals surface area contributed by atoms with Crippen LogP contribution in [0.5, 0.6) is 5.88 Å². The second-order valence-electron chi connectivity index (χ2n) is 7.48. The van der Waals surface area contributed by atoms with E-state index < -0.39 is 17.6 Å². The van der Waals surface area contributed by atoms with Gasteiger partial charge in [-0.2, -0.15) is 0 Å². The lowest BCUT2D eigenvalue weighted by molar-refractivity contribution is -0.138. The molecule has 8 heteroatoms. The third kappa shape index (κ3) is 4.11. The molecule has 1 saturated carbocycles. The van der Waals surface area contributed by atoms with Crippen molar-refractivity contribution in [2.45, 2.75) is 44.6 Å². The Morgan fingerprint density at radius 2 is 1.89 bits per heavy atom. The molecular weight excluding hydrogens is 386 g/mol. The Balaban J connectivity index is 1.47. The maximum absolute atomic E-state index is 14.7. The summed E-state index contributed by atoms with van der Waals surface area (Å²) in [5, 5.41) is 11.2. The minimum absolute atomic E-state index is 0.0416. The first-order valence-electron chi connectivity index (χ1n) is 9.58. The zero-order chi connectivity index (χ0) is 19.7. The van der Waals surface area contributed by atoms with Gasteiger partial charge in [-0.05, 0) is 50.2 Å². The van der Waals surface area contributed by atoms with Crippen LogP contribution in [0.25, 0.3) is 10.6 Å². The first kappa shape index (κ1) is 19.1. The van der Waals surface area contributed by atoms with E-state index >= 15 is 0 Å². The Hall–Kier alpha value is -2.22. The van der Waals surface area contributed by atoms with Gasteiger partial charge in [0, 0.05) is 25.1 Å². The normalized spacial score (nSPS) is 18.1. The molecule has 0 spiro atoms. The summed E-state index contributed by atoms with van der Waals surface area (Å²) in [7, 11) is 0. The molecular formula is C20H22F2N2O3S. The van der Waals surface area contributed by atoms with Gasteiger partial charge >= 0.3 is 5.97 Å². The highest BCUT2D eigenvalue weighted by Crippen LogP contribution is 2.35. The van der Waals surface area contributed by atoms with E-state index in [4.69, 9.17) is 9.84 Å². The van der Waals surface area contributed by atoms with Crippen LogP contribution in [0.4, 0.5) is 14.5 Å². The minimum atomic E-state index is -0.829. The van der Waals surface area contributed by atoms with Gasteiger partial charge in [0.1, 0.15) is 28.4 Å². The number of anilines is 1. The summed E-state index contributed by atoms with van der Waals surface area (Å²) >= 11 is 1.31. The molecule has 1 N–H and O–H groups in total. The van der Waals surface area contributed by atoms with Crippen molar-refractivity contribution in [3.8, 4) is 16.5 Å². The maximum atomic E-state index is 14.7. The average molecular weight is 408 g/mol. The number of thiazole rings is 1. The predicted molar refractivity (Wildman–Crippen MR) is 103 cm³/mol. The zero-order valence-corrected chi connectivity index (χ0v) is 16.2. The molecule has 1 saturated heterocycles. The molecule has 2 aromatic rings. The largest absolute Gasteiger partial charge is 0.481 e. The highest BCUT2D eigenvalue weighted by molar-refractivity contribution is 7.13. The molecule has 0 radical (unpaired) electrons. The lowest BCUT2D eigenvalue weighted by Gasteiger charge is -2.33. The molecule has 0 atom stereocenters. The number of hydrogen-bond acceptors (Lipinski definition) is 5. The minimum Gasteiger partial charge on any atom is -0.481 e. The molecule has 1 aromatic carbocycles. The van der Waals surface area contributed by atoms with E-state index in [9.17, 15) is 13.6 Å². The number of carboxylic acids is 1. The molecule has 0 unspecified atom stereocenters. The van der Waals surface area contributed by atoms with Gasteiger partial charge in [0.25, 0.3) is 0 Å². The predicted octanol–water partition coefficient (Wildman–Crippen LogP) is 4.71. The van der Waals surface area contributed by atoms with Crippen LogP contribution < -0.4 is 9.64 Å². The van der Waals surface area contributed by atoms with Crippen molar-refractivity contribution in [2.75, 3.05) is 18.0 Å².